The number of hydrogen-bond acceptors (Lipinski definition) is 13. The van der Waals surface area contributed by atoms with Crippen molar-refractivity contribution < 1.29 is 0 Å². The van der Waals surface area contributed by atoms with E-state index < -0.39 is 12.0 Å². The van der Waals surface area contributed by atoms with Crippen LogP contribution in [0.5, 0.6) is 0 Å². The van der Waals surface area contributed by atoms with Crippen LogP contribution >= 0.6 is 0 Å². The van der Waals surface area contributed by atoms with Gasteiger partial charge >= 0.3 is 11.7 Å². The fourth-order valence-corrected chi connectivity index (χ4v) is 5.60. The van der Waals surface area contributed by atoms with Crippen molar-refractivity contribution in [2.45, 2.75) is 12.0 Å². The van der Waals surface area contributed by atoms with E-state index in [1.807, 2.05) is 18.2 Å². The number of aromatic nitrogens is 7. The van der Waals surface area contributed by atoms with Gasteiger partial charge in [0.2, 0.25) is 11.5 Å². The minimum atomic E-state index is -1.36. The fourth-order valence-electron chi connectivity index (χ4n) is 5.60. The van der Waals surface area contributed by atoms with Crippen LogP contribution in [0.25, 0.3) is 48.0 Å². The largest absolute Gasteiger partial charge is 0.340 e. The molecule has 2 atom stereocenters. The number of H-pyrrole nitrogens is 2. The van der Waals surface area contributed by atoms with Crippen molar-refractivity contribution in [3.05, 3.63) is 138 Å². The van der Waals surface area contributed by atoms with Gasteiger partial charge < -0.3 is 9.97 Å². The summed E-state index contributed by atoms with van der Waals surface area (Å²) in [5, 5.41) is 59.0. The quantitative estimate of drug-likeness (QED) is 0.193. The molecule has 0 saturated carbocycles. The summed E-state index contributed by atoms with van der Waals surface area (Å²) in [5.74, 6) is -2.00. The Morgan fingerprint density at radius 2 is 1.37 bits per heavy atom. The van der Waals surface area contributed by atoms with Gasteiger partial charge in [0.1, 0.15) is 29.4 Å². The van der Waals surface area contributed by atoms with Gasteiger partial charge in [-0.25, -0.2) is 56.4 Å². The third-order valence-electron chi connectivity index (χ3n) is 8.09. The minimum Gasteiger partial charge on any atom is -0.340 e. The number of fused-ring (bicyclic) bond motifs is 3. The highest BCUT2D eigenvalue weighted by Crippen LogP contribution is 2.32. The number of nitrogens with zero attached hydrogens (tertiary/aromatic N) is 16. The summed E-state index contributed by atoms with van der Waals surface area (Å²) >= 11 is 0. The second-order valence-corrected chi connectivity index (χ2v) is 11.0. The first-order valence-corrected chi connectivity index (χ1v) is 15.0. The summed E-state index contributed by atoms with van der Waals surface area (Å²) in [6, 6.07) is 19.0. The molecular weight excluding hydrogens is 685 g/mol. The number of benzene rings is 3. The second kappa shape index (κ2) is 13.0. The van der Waals surface area contributed by atoms with Crippen LogP contribution in [0.2, 0.25) is 0 Å². The predicted octanol–water partition coefficient (Wildman–Crippen LogP) is 3.86. The number of nitriles is 6. The molecule has 54 heavy (non-hydrogen) atoms. The van der Waals surface area contributed by atoms with Crippen molar-refractivity contribution in [1.29, 1.82) is 31.6 Å². The lowest BCUT2D eigenvalue weighted by Gasteiger charge is -2.11. The number of hydrogen-bond donors (Lipinski definition) is 2. The first kappa shape index (κ1) is 32.9. The molecule has 0 fully saturated rings. The highest BCUT2D eigenvalue weighted by atomic mass is 15.1. The van der Waals surface area contributed by atoms with E-state index in [1.54, 1.807) is 6.07 Å². The predicted molar refractivity (Wildman–Crippen MR) is 180 cm³/mol. The van der Waals surface area contributed by atoms with E-state index >= 15 is 0 Å². The highest BCUT2D eigenvalue weighted by molar-refractivity contribution is 5.84. The molecule has 0 bridgehead atoms. The van der Waals surface area contributed by atoms with E-state index in [9.17, 15) is 31.6 Å². The number of aromatic amines is 2. The summed E-state index contributed by atoms with van der Waals surface area (Å²) in [6.45, 7) is 22.9. The second-order valence-electron chi connectivity index (χ2n) is 11.0. The summed E-state index contributed by atoms with van der Waals surface area (Å²) < 4.78 is 0. The molecule has 0 amide bonds. The van der Waals surface area contributed by atoms with E-state index in [2.05, 4.69) is 71.5 Å². The van der Waals surface area contributed by atoms with Gasteiger partial charge in [0, 0.05) is 5.56 Å². The molecule has 3 aromatic heterocycles. The molecule has 6 aromatic rings. The molecule has 1 aliphatic heterocycles. The zero-order valence-corrected chi connectivity index (χ0v) is 26.8. The first-order chi connectivity index (χ1) is 26.3. The summed E-state index contributed by atoms with van der Waals surface area (Å²) in [5.41, 5.74) is 1.23. The molecule has 3 aromatic carbocycles. The molecule has 0 radical (unpaired) electrons. The number of nitrogens with one attached hydrogen (secondary N) is 2. The van der Waals surface area contributed by atoms with E-state index in [-0.39, 0.29) is 90.4 Å². The van der Waals surface area contributed by atoms with Crippen LogP contribution in [0.4, 0.5) is 5.69 Å². The maximum Gasteiger partial charge on any atom is 0.338 e. The third kappa shape index (κ3) is 5.26. The van der Waals surface area contributed by atoms with E-state index in [4.69, 9.17) is 19.7 Å². The maximum absolute atomic E-state index is 10.5. The Morgan fingerprint density at radius 1 is 0.704 bits per heavy atom. The Morgan fingerprint density at radius 3 is 2.02 bits per heavy atom. The molecule has 18 heteroatoms. The molecule has 4 heterocycles. The molecule has 2 unspecified atom stereocenters. The molecule has 0 saturated heterocycles. The van der Waals surface area contributed by atoms with Crippen molar-refractivity contribution in [2.75, 3.05) is 0 Å². The lowest BCUT2D eigenvalue weighted by molar-refractivity contribution is 0.753. The van der Waals surface area contributed by atoms with Gasteiger partial charge in [-0.3, -0.25) is 4.85 Å². The van der Waals surface area contributed by atoms with Crippen molar-refractivity contribution >= 4 is 27.8 Å². The Kier molecular flexibility index (Phi) is 7.92. The SMILES string of the molecule is [C-]#[N+]/C(C#N)=C1\N=c2ccc(-c3nc(C(C#N)c4nc5cc(C#N)c(C#N)cc5[nH]4)nc(C([N+]#[C-])c4nc5cc(C#N)c([N+]#[C-])cc5[nH]4)n3)c(C#N)c2=N1. The maximum atomic E-state index is 10.5. The van der Waals surface area contributed by atoms with Crippen molar-refractivity contribution in [3.63, 3.8) is 0 Å². The summed E-state index contributed by atoms with van der Waals surface area (Å²) in [6.07, 6.45) is 0. The van der Waals surface area contributed by atoms with Crippen LogP contribution in [0, 0.1) is 87.7 Å². The third-order valence-corrected chi connectivity index (χ3v) is 8.09. The van der Waals surface area contributed by atoms with Crippen LogP contribution in [0.1, 0.15) is 57.5 Å². The molecule has 244 valence electrons. The smallest absolute Gasteiger partial charge is 0.338 e. The Hall–Kier alpha value is -9.64. The fraction of sp³-hybridized carbons (Fsp3) is 0.0556. The number of imidazole rings is 2. The van der Waals surface area contributed by atoms with Gasteiger partial charge in [-0.05, 0) is 36.4 Å². The van der Waals surface area contributed by atoms with Crippen molar-refractivity contribution in [3.8, 4) is 47.8 Å². The standard InChI is InChI=1S/C36H10N18/c1-43-23-9-27-26(8-18(23)12-39)49-35(50-27)30(45-3)36-53-31(19-4-5-22-29(20(19)13-40)51-34(46-22)28(15-42)44-2)52-33(54-36)21(14-41)32-47-24-6-16(10-37)17(11-38)7-25(24)48-32/h4-9,21,30H,(H,47,48)(H,49,50)/b34-28+. The summed E-state index contributed by atoms with van der Waals surface area (Å²) in [4.78, 5) is 47.3. The molecule has 1 aliphatic rings. The van der Waals surface area contributed by atoms with Crippen LogP contribution in [0.3, 0.4) is 0 Å². The van der Waals surface area contributed by atoms with Gasteiger partial charge in [-0.1, -0.05) is 0 Å². The molecule has 7 rings (SSSR count). The van der Waals surface area contributed by atoms with Gasteiger partial charge in [0.05, 0.1) is 81.0 Å². The normalized spacial score (nSPS) is 13.0. The molecule has 18 nitrogen and oxygen atoms in total. The average Bonchev–Trinajstić information content (AvgIpc) is 3.93. The van der Waals surface area contributed by atoms with Gasteiger partial charge in [0.25, 0.3) is 0 Å². The number of rotatable bonds is 5. The van der Waals surface area contributed by atoms with Crippen molar-refractivity contribution in [1.82, 2.24) is 34.9 Å². The first-order valence-electron chi connectivity index (χ1n) is 15.0. The van der Waals surface area contributed by atoms with Gasteiger partial charge in [0.15, 0.2) is 29.2 Å². The van der Waals surface area contributed by atoms with Crippen LogP contribution in [-0.4, -0.2) is 34.9 Å². The topological polar surface area (TPSA) is 277 Å². The van der Waals surface area contributed by atoms with Crippen LogP contribution in [0.15, 0.2) is 57.9 Å². The lowest BCUT2D eigenvalue weighted by Crippen LogP contribution is -2.26. The number of allylic oxidation sites excluding steroid dienone is 1. The molecular formula is C36H10N18. The monoisotopic (exact) mass is 694 g/mol. The van der Waals surface area contributed by atoms with Gasteiger partial charge in [-0.15, -0.1) is 0 Å². The minimum absolute atomic E-state index is 0.0367. The Balaban J connectivity index is 1.47. The zero-order chi connectivity index (χ0) is 38.1. The lowest BCUT2D eigenvalue weighted by atomic mass is 10.1. The summed E-state index contributed by atoms with van der Waals surface area (Å²) in [7, 11) is 0. The van der Waals surface area contributed by atoms with Gasteiger partial charge in [-0.2, -0.15) is 26.3 Å². The Bertz CT molecular complexity index is 2980. The van der Waals surface area contributed by atoms with Crippen LogP contribution in [-0.2, 0) is 0 Å². The highest BCUT2D eigenvalue weighted by Gasteiger charge is 2.32. The zero-order valence-electron chi connectivity index (χ0n) is 26.8. The van der Waals surface area contributed by atoms with Crippen molar-refractivity contribution in [2.24, 2.45) is 9.98 Å². The van der Waals surface area contributed by atoms with E-state index in [0.29, 0.717) is 16.6 Å². The molecule has 0 aliphatic carbocycles. The van der Waals surface area contributed by atoms with Crippen LogP contribution < -0.4 is 10.7 Å². The van der Waals surface area contributed by atoms with E-state index in [0.717, 1.165) is 0 Å². The Labute approximate surface area is 301 Å². The average molecular weight is 695 g/mol. The van der Waals surface area contributed by atoms with E-state index in [1.165, 1.54) is 36.4 Å². The molecule has 0 spiro atoms. The molecule has 2 N–H and O–H groups in total.